The lowest BCUT2D eigenvalue weighted by molar-refractivity contribution is 0.477. The van der Waals surface area contributed by atoms with E-state index in [1.807, 2.05) is 18.2 Å². The van der Waals surface area contributed by atoms with Crippen LogP contribution in [0.4, 0.5) is 0 Å². The Balaban J connectivity index is 1.68. The summed E-state index contributed by atoms with van der Waals surface area (Å²) in [4.78, 5) is 0. The molecule has 3 heteroatoms. The van der Waals surface area contributed by atoms with Crippen molar-refractivity contribution in [2.45, 2.75) is 38.6 Å². The number of hydrogen-bond donors (Lipinski definition) is 1. The zero-order valence-electron chi connectivity index (χ0n) is 10.0. The zero-order chi connectivity index (χ0) is 12.1. The maximum absolute atomic E-state index is 5.97. The monoisotopic (exact) mass is 271 g/mol. The van der Waals surface area contributed by atoms with Crippen LogP contribution in [-0.2, 0) is 6.54 Å². The number of halogens is 2. The van der Waals surface area contributed by atoms with E-state index in [1.165, 1.54) is 37.7 Å². The molecule has 94 valence electrons. The van der Waals surface area contributed by atoms with Gasteiger partial charge in [-0.3, -0.25) is 0 Å². The van der Waals surface area contributed by atoms with Crippen LogP contribution in [0.2, 0.25) is 10.0 Å². The van der Waals surface area contributed by atoms with Gasteiger partial charge in [-0.1, -0.05) is 55.0 Å². The average molecular weight is 272 g/mol. The molecule has 0 radical (unpaired) electrons. The summed E-state index contributed by atoms with van der Waals surface area (Å²) < 4.78 is 0. The quantitative estimate of drug-likeness (QED) is 0.768. The van der Waals surface area contributed by atoms with Crippen LogP contribution in [0.5, 0.6) is 0 Å². The van der Waals surface area contributed by atoms with Crippen LogP contribution >= 0.6 is 23.2 Å². The lowest BCUT2D eigenvalue weighted by Crippen LogP contribution is -2.16. The SMILES string of the molecule is Clc1ccc(CNCCC2CCCC2)cc1Cl. The van der Waals surface area contributed by atoms with Gasteiger partial charge in [-0.15, -0.1) is 0 Å². The molecule has 1 aliphatic rings. The molecule has 1 saturated carbocycles. The molecule has 0 saturated heterocycles. The topological polar surface area (TPSA) is 12.0 Å². The van der Waals surface area contributed by atoms with E-state index in [1.54, 1.807) is 0 Å². The van der Waals surface area contributed by atoms with E-state index in [4.69, 9.17) is 23.2 Å². The van der Waals surface area contributed by atoms with Crippen molar-refractivity contribution in [1.82, 2.24) is 5.32 Å². The molecule has 1 aliphatic carbocycles. The van der Waals surface area contributed by atoms with Gasteiger partial charge in [0.15, 0.2) is 0 Å². The summed E-state index contributed by atoms with van der Waals surface area (Å²) in [6, 6.07) is 5.82. The maximum atomic E-state index is 5.97. The molecule has 0 atom stereocenters. The zero-order valence-corrected chi connectivity index (χ0v) is 11.5. The Bertz CT molecular complexity index is 359. The predicted molar refractivity (Wildman–Crippen MR) is 74.7 cm³/mol. The van der Waals surface area contributed by atoms with Crippen molar-refractivity contribution in [2.75, 3.05) is 6.54 Å². The Morgan fingerprint density at radius 2 is 1.88 bits per heavy atom. The van der Waals surface area contributed by atoms with Gasteiger partial charge in [0.1, 0.15) is 0 Å². The fourth-order valence-electron chi connectivity index (χ4n) is 2.49. The number of rotatable bonds is 5. The minimum atomic E-state index is 0.626. The predicted octanol–water partition coefficient (Wildman–Crippen LogP) is 4.66. The third-order valence-corrected chi connectivity index (χ3v) is 4.26. The molecule has 1 N–H and O–H groups in total. The summed E-state index contributed by atoms with van der Waals surface area (Å²) in [5.74, 6) is 0.955. The molecule has 0 unspecified atom stereocenters. The second-order valence-electron chi connectivity index (χ2n) is 4.86. The second kappa shape index (κ2) is 6.63. The van der Waals surface area contributed by atoms with E-state index in [9.17, 15) is 0 Å². The highest BCUT2D eigenvalue weighted by Crippen LogP contribution is 2.27. The van der Waals surface area contributed by atoms with Crippen LogP contribution < -0.4 is 5.32 Å². The van der Waals surface area contributed by atoms with Crippen molar-refractivity contribution in [3.63, 3.8) is 0 Å². The fraction of sp³-hybridized carbons (Fsp3) is 0.571. The van der Waals surface area contributed by atoms with E-state index in [0.717, 1.165) is 19.0 Å². The molecule has 17 heavy (non-hydrogen) atoms. The highest BCUT2D eigenvalue weighted by molar-refractivity contribution is 6.42. The van der Waals surface area contributed by atoms with Gasteiger partial charge < -0.3 is 5.32 Å². The lowest BCUT2D eigenvalue weighted by atomic mass is 10.0. The number of benzene rings is 1. The second-order valence-corrected chi connectivity index (χ2v) is 5.68. The first-order valence-electron chi connectivity index (χ1n) is 6.40. The van der Waals surface area contributed by atoms with Crippen molar-refractivity contribution in [3.8, 4) is 0 Å². The molecule has 0 aliphatic heterocycles. The molecule has 1 fully saturated rings. The number of hydrogen-bond acceptors (Lipinski definition) is 1. The van der Waals surface area contributed by atoms with E-state index in [2.05, 4.69) is 5.32 Å². The Morgan fingerprint density at radius 3 is 2.59 bits per heavy atom. The maximum Gasteiger partial charge on any atom is 0.0595 e. The highest BCUT2D eigenvalue weighted by Gasteiger charge is 2.13. The van der Waals surface area contributed by atoms with Crippen LogP contribution in [0.25, 0.3) is 0 Å². The van der Waals surface area contributed by atoms with Gasteiger partial charge in [0.25, 0.3) is 0 Å². The molecule has 1 nitrogen and oxygen atoms in total. The van der Waals surface area contributed by atoms with Gasteiger partial charge in [-0.2, -0.15) is 0 Å². The van der Waals surface area contributed by atoms with Crippen LogP contribution in [0.3, 0.4) is 0 Å². The minimum absolute atomic E-state index is 0.626. The molecule has 0 spiro atoms. The van der Waals surface area contributed by atoms with E-state index >= 15 is 0 Å². The average Bonchev–Trinajstić information content (AvgIpc) is 2.82. The van der Waals surface area contributed by atoms with Gasteiger partial charge in [-0.25, -0.2) is 0 Å². The summed E-state index contributed by atoms with van der Waals surface area (Å²) >= 11 is 11.8. The standard InChI is InChI=1S/C14H19Cl2N/c15-13-6-5-12(9-14(13)16)10-17-8-7-11-3-1-2-4-11/h5-6,9,11,17H,1-4,7-8,10H2. The molecule has 2 rings (SSSR count). The summed E-state index contributed by atoms with van der Waals surface area (Å²) in [6.07, 6.45) is 7.01. The van der Waals surface area contributed by atoms with Gasteiger partial charge in [0.2, 0.25) is 0 Å². The summed E-state index contributed by atoms with van der Waals surface area (Å²) in [5.41, 5.74) is 1.20. The molecular formula is C14H19Cl2N. The third kappa shape index (κ3) is 4.17. The Kier molecular flexibility index (Phi) is 5.15. The van der Waals surface area contributed by atoms with Gasteiger partial charge in [-0.05, 0) is 36.6 Å². The first-order valence-corrected chi connectivity index (χ1v) is 7.16. The Labute approximate surface area is 114 Å². The molecule has 0 amide bonds. The molecule has 1 aromatic rings. The van der Waals surface area contributed by atoms with E-state index in [-0.39, 0.29) is 0 Å². The Hall–Kier alpha value is -0.240. The van der Waals surface area contributed by atoms with Crippen LogP contribution in [0, 0.1) is 5.92 Å². The normalized spacial score (nSPS) is 16.6. The first-order chi connectivity index (χ1) is 8.25. The number of nitrogens with one attached hydrogen (secondary N) is 1. The van der Waals surface area contributed by atoms with Crippen molar-refractivity contribution in [3.05, 3.63) is 33.8 Å². The molecule has 0 heterocycles. The largest absolute Gasteiger partial charge is 0.313 e. The van der Waals surface area contributed by atoms with Crippen LogP contribution in [0.15, 0.2) is 18.2 Å². The van der Waals surface area contributed by atoms with Crippen LogP contribution in [-0.4, -0.2) is 6.54 Å². The van der Waals surface area contributed by atoms with Gasteiger partial charge in [0.05, 0.1) is 10.0 Å². The van der Waals surface area contributed by atoms with Gasteiger partial charge in [0, 0.05) is 6.54 Å². The van der Waals surface area contributed by atoms with Crippen LogP contribution in [0.1, 0.15) is 37.7 Å². The molecule has 0 bridgehead atoms. The molecule has 1 aromatic carbocycles. The lowest BCUT2D eigenvalue weighted by Gasteiger charge is -2.10. The van der Waals surface area contributed by atoms with Crippen molar-refractivity contribution < 1.29 is 0 Å². The molecule has 0 aromatic heterocycles. The first kappa shape index (κ1) is 13.2. The summed E-state index contributed by atoms with van der Waals surface area (Å²) in [7, 11) is 0. The van der Waals surface area contributed by atoms with Crippen molar-refractivity contribution in [2.24, 2.45) is 5.92 Å². The third-order valence-electron chi connectivity index (χ3n) is 3.52. The van der Waals surface area contributed by atoms with E-state index < -0.39 is 0 Å². The van der Waals surface area contributed by atoms with Crippen molar-refractivity contribution >= 4 is 23.2 Å². The summed E-state index contributed by atoms with van der Waals surface area (Å²) in [5, 5.41) is 4.74. The fourth-order valence-corrected chi connectivity index (χ4v) is 2.81. The smallest absolute Gasteiger partial charge is 0.0595 e. The van der Waals surface area contributed by atoms with Gasteiger partial charge >= 0.3 is 0 Å². The summed E-state index contributed by atoms with van der Waals surface area (Å²) in [6.45, 7) is 1.98. The molecular weight excluding hydrogens is 253 g/mol. The highest BCUT2D eigenvalue weighted by atomic mass is 35.5. The van der Waals surface area contributed by atoms with E-state index in [0.29, 0.717) is 10.0 Å². The van der Waals surface area contributed by atoms with Crippen molar-refractivity contribution in [1.29, 1.82) is 0 Å². The Morgan fingerprint density at radius 1 is 1.12 bits per heavy atom. The minimum Gasteiger partial charge on any atom is -0.313 e.